The van der Waals surface area contributed by atoms with Gasteiger partial charge in [-0.1, -0.05) is 39.7 Å². The van der Waals surface area contributed by atoms with Crippen LogP contribution < -0.4 is 4.74 Å². The third-order valence-electron chi connectivity index (χ3n) is 3.63. The molecule has 0 bridgehead atoms. The molecule has 0 fully saturated rings. The largest absolute Gasteiger partial charge is 0.493 e. The Balaban J connectivity index is 1.68. The van der Waals surface area contributed by atoms with Gasteiger partial charge in [-0.05, 0) is 41.8 Å². The first-order valence-corrected chi connectivity index (χ1v) is 8.03. The van der Waals surface area contributed by atoms with Crippen LogP contribution in [0.15, 0.2) is 40.9 Å². The SMILES string of the molecule is O=C(CCc1ccc2c(c1)CCO2)c1ccc(Br)cc1Cl. The van der Waals surface area contributed by atoms with Gasteiger partial charge >= 0.3 is 0 Å². The van der Waals surface area contributed by atoms with E-state index in [2.05, 4.69) is 22.0 Å². The molecule has 0 spiro atoms. The maximum absolute atomic E-state index is 12.3. The number of carbonyl (C=O) groups excluding carboxylic acids is 1. The van der Waals surface area contributed by atoms with Gasteiger partial charge in [-0.2, -0.15) is 0 Å². The molecule has 0 N–H and O–H groups in total. The molecule has 2 nitrogen and oxygen atoms in total. The normalized spacial score (nSPS) is 12.9. The predicted molar refractivity (Wildman–Crippen MR) is 87.4 cm³/mol. The van der Waals surface area contributed by atoms with Gasteiger partial charge in [0.1, 0.15) is 5.75 Å². The van der Waals surface area contributed by atoms with Gasteiger partial charge in [0.05, 0.1) is 11.6 Å². The maximum Gasteiger partial charge on any atom is 0.164 e. The van der Waals surface area contributed by atoms with Crippen LogP contribution in [-0.4, -0.2) is 12.4 Å². The molecule has 1 heterocycles. The zero-order chi connectivity index (χ0) is 14.8. The summed E-state index contributed by atoms with van der Waals surface area (Å²) >= 11 is 9.46. The molecular weight excluding hydrogens is 352 g/mol. The van der Waals surface area contributed by atoms with Crippen LogP contribution >= 0.6 is 27.5 Å². The van der Waals surface area contributed by atoms with Crippen LogP contribution in [0, 0.1) is 0 Å². The third-order valence-corrected chi connectivity index (χ3v) is 4.43. The van der Waals surface area contributed by atoms with Crippen molar-refractivity contribution in [3.63, 3.8) is 0 Å². The first kappa shape index (κ1) is 14.6. The smallest absolute Gasteiger partial charge is 0.164 e. The van der Waals surface area contributed by atoms with Crippen LogP contribution in [0.3, 0.4) is 0 Å². The highest BCUT2D eigenvalue weighted by Crippen LogP contribution is 2.27. The lowest BCUT2D eigenvalue weighted by Gasteiger charge is -2.06. The first-order chi connectivity index (χ1) is 10.1. The molecule has 1 aliphatic rings. The molecule has 0 radical (unpaired) electrons. The molecule has 0 aromatic heterocycles. The summed E-state index contributed by atoms with van der Waals surface area (Å²) in [5.74, 6) is 1.05. The van der Waals surface area contributed by atoms with Crippen LogP contribution in [0.4, 0.5) is 0 Å². The lowest BCUT2D eigenvalue weighted by atomic mass is 10.0. The number of rotatable bonds is 4. The zero-order valence-electron chi connectivity index (χ0n) is 11.4. The number of hydrogen-bond donors (Lipinski definition) is 0. The highest BCUT2D eigenvalue weighted by molar-refractivity contribution is 9.10. The number of carbonyl (C=O) groups is 1. The second-order valence-corrected chi connectivity index (χ2v) is 6.41. The van der Waals surface area contributed by atoms with Gasteiger partial charge in [0.15, 0.2) is 5.78 Å². The summed E-state index contributed by atoms with van der Waals surface area (Å²) in [6.45, 7) is 0.756. The van der Waals surface area contributed by atoms with E-state index in [1.807, 2.05) is 18.2 Å². The molecule has 2 aromatic carbocycles. The van der Waals surface area contributed by atoms with Crippen molar-refractivity contribution in [1.29, 1.82) is 0 Å². The quantitative estimate of drug-likeness (QED) is 0.724. The van der Waals surface area contributed by atoms with Gasteiger partial charge in [0.25, 0.3) is 0 Å². The van der Waals surface area contributed by atoms with Crippen molar-refractivity contribution in [2.24, 2.45) is 0 Å². The second kappa shape index (κ2) is 6.20. The first-order valence-electron chi connectivity index (χ1n) is 6.86. The molecule has 0 aliphatic carbocycles. The van der Waals surface area contributed by atoms with Crippen LogP contribution in [0.2, 0.25) is 5.02 Å². The van der Waals surface area contributed by atoms with Crippen molar-refractivity contribution in [2.75, 3.05) is 6.61 Å². The Kier molecular flexibility index (Phi) is 4.32. The van der Waals surface area contributed by atoms with Gasteiger partial charge in [-0.25, -0.2) is 0 Å². The Morgan fingerprint density at radius 3 is 2.90 bits per heavy atom. The Bertz CT molecular complexity index is 697. The summed E-state index contributed by atoms with van der Waals surface area (Å²) in [7, 11) is 0. The Labute approximate surface area is 137 Å². The summed E-state index contributed by atoms with van der Waals surface area (Å²) in [4.78, 5) is 12.3. The van der Waals surface area contributed by atoms with E-state index in [0.717, 1.165) is 29.7 Å². The van der Waals surface area contributed by atoms with Crippen molar-refractivity contribution < 1.29 is 9.53 Å². The molecule has 0 atom stereocenters. The standard InChI is InChI=1S/C17H14BrClO2/c18-13-3-4-14(15(19)10-13)16(20)5-1-11-2-6-17-12(9-11)7-8-21-17/h2-4,6,9-10H,1,5,7-8H2. The van der Waals surface area contributed by atoms with E-state index in [-0.39, 0.29) is 5.78 Å². The molecule has 21 heavy (non-hydrogen) atoms. The summed E-state index contributed by atoms with van der Waals surface area (Å²) in [6.07, 6.45) is 2.13. The van der Waals surface area contributed by atoms with E-state index in [4.69, 9.17) is 16.3 Å². The fourth-order valence-corrected chi connectivity index (χ4v) is 3.28. The Morgan fingerprint density at radius 2 is 2.10 bits per heavy atom. The van der Waals surface area contributed by atoms with E-state index in [9.17, 15) is 4.79 Å². The molecule has 0 amide bonds. The lowest BCUT2D eigenvalue weighted by molar-refractivity contribution is 0.0983. The number of Topliss-reactive ketones (excluding diaryl/α,β-unsaturated/α-hetero) is 1. The minimum atomic E-state index is 0.0734. The number of halogens is 2. The average Bonchev–Trinajstić information content (AvgIpc) is 2.92. The maximum atomic E-state index is 12.3. The van der Waals surface area contributed by atoms with Crippen molar-refractivity contribution in [3.05, 3.63) is 62.6 Å². The molecule has 3 rings (SSSR count). The van der Waals surface area contributed by atoms with Gasteiger partial charge in [0, 0.05) is 22.9 Å². The van der Waals surface area contributed by atoms with Gasteiger partial charge in [0.2, 0.25) is 0 Å². The van der Waals surface area contributed by atoms with Gasteiger partial charge in [-0.3, -0.25) is 4.79 Å². The molecule has 0 saturated heterocycles. The second-order valence-electron chi connectivity index (χ2n) is 5.09. The zero-order valence-corrected chi connectivity index (χ0v) is 13.7. The van der Waals surface area contributed by atoms with E-state index in [1.54, 1.807) is 12.1 Å². The van der Waals surface area contributed by atoms with Crippen LogP contribution in [0.5, 0.6) is 5.75 Å². The van der Waals surface area contributed by atoms with Crippen LogP contribution in [0.25, 0.3) is 0 Å². The number of benzene rings is 2. The summed E-state index contributed by atoms with van der Waals surface area (Å²) in [6, 6.07) is 11.5. The van der Waals surface area contributed by atoms with Crippen molar-refractivity contribution in [3.8, 4) is 5.75 Å². The van der Waals surface area contributed by atoms with Crippen molar-refractivity contribution >= 4 is 33.3 Å². The van der Waals surface area contributed by atoms with Gasteiger partial charge in [-0.15, -0.1) is 0 Å². The number of ketones is 1. The van der Waals surface area contributed by atoms with E-state index in [0.29, 0.717) is 17.0 Å². The minimum Gasteiger partial charge on any atom is -0.493 e. The highest BCUT2D eigenvalue weighted by atomic mass is 79.9. The summed E-state index contributed by atoms with van der Waals surface area (Å²) in [5, 5.41) is 0.497. The molecule has 2 aromatic rings. The molecule has 4 heteroatoms. The average molecular weight is 366 g/mol. The van der Waals surface area contributed by atoms with Crippen LogP contribution in [-0.2, 0) is 12.8 Å². The number of ether oxygens (including phenoxy) is 1. The Hall–Kier alpha value is -1.32. The van der Waals surface area contributed by atoms with E-state index >= 15 is 0 Å². The number of hydrogen-bond acceptors (Lipinski definition) is 2. The topological polar surface area (TPSA) is 26.3 Å². The van der Waals surface area contributed by atoms with Crippen molar-refractivity contribution in [1.82, 2.24) is 0 Å². The number of fused-ring (bicyclic) bond motifs is 1. The third kappa shape index (κ3) is 3.30. The van der Waals surface area contributed by atoms with E-state index < -0.39 is 0 Å². The molecule has 0 unspecified atom stereocenters. The fraction of sp³-hybridized carbons (Fsp3) is 0.235. The van der Waals surface area contributed by atoms with Gasteiger partial charge < -0.3 is 4.74 Å². The fourth-order valence-electron chi connectivity index (χ4n) is 2.50. The van der Waals surface area contributed by atoms with Crippen LogP contribution in [0.1, 0.15) is 27.9 Å². The minimum absolute atomic E-state index is 0.0734. The number of aryl methyl sites for hydroxylation is 1. The van der Waals surface area contributed by atoms with E-state index in [1.165, 1.54) is 11.1 Å². The summed E-state index contributed by atoms with van der Waals surface area (Å²) < 4.78 is 6.36. The molecular formula is C17H14BrClO2. The summed E-state index contributed by atoms with van der Waals surface area (Å²) in [5.41, 5.74) is 2.99. The molecule has 0 saturated carbocycles. The molecule has 108 valence electrons. The lowest BCUT2D eigenvalue weighted by Crippen LogP contribution is -2.02. The predicted octanol–water partition coefficient (Wildman–Crippen LogP) is 4.85. The monoisotopic (exact) mass is 364 g/mol. The highest BCUT2D eigenvalue weighted by Gasteiger charge is 2.14. The molecule has 1 aliphatic heterocycles. The Morgan fingerprint density at radius 1 is 1.24 bits per heavy atom. The van der Waals surface area contributed by atoms with Crippen molar-refractivity contribution in [2.45, 2.75) is 19.3 Å².